The normalized spacial score (nSPS) is 12.2. The topological polar surface area (TPSA) is 61.8 Å². The van der Waals surface area contributed by atoms with Crippen LogP contribution in [-0.2, 0) is 0 Å². The van der Waals surface area contributed by atoms with Gasteiger partial charge < -0.3 is 15.7 Å². The summed E-state index contributed by atoms with van der Waals surface area (Å²) in [6, 6.07) is 9.41. The number of aliphatic imine (C=N–C) groups is 1. The predicted octanol–water partition coefficient (Wildman–Crippen LogP) is 3.99. The number of aromatic hydroxyl groups is 1. The van der Waals surface area contributed by atoms with Crippen molar-refractivity contribution in [3.8, 4) is 28.0 Å². The Hall–Kier alpha value is -2.71. The highest BCUT2D eigenvalue weighted by molar-refractivity contribution is 7.15. The Morgan fingerprint density at radius 1 is 1.40 bits per heavy atom. The molecule has 0 aliphatic carbocycles. The number of thiophene rings is 1. The number of nitrogens with zero attached hydrogens (tertiary/aromatic N) is 2. The summed E-state index contributed by atoms with van der Waals surface area (Å²) in [6.45, 7) is 5.60. The zero-order chi connectivity index (χ0) is 18.4. The van der Waals surface area contributed by atoms with Gasteiger partial charge in [-0.3, -0.25) is 0 Å². The van der Waals surface area contributed by atoms with E-state index in [1.807, 2.05) is 32.3 Å². The molecular weight excluding hydrogens is 330 g/mol. The van der Waals surface area contributed by atoms with Gasteiger partial charge in [0.15, 0.2) is 5.96 Å². The van der Waals surface area contributed by atoms with Crippen LogP contribution in [0.3, 0.4) is 0 Å². The minimum absolute atomic E-state index is 0.0640. The van der Waals surface area contributed by atoms with Crippen LogP contribution in [0.15, 0.2) is 48.0 Å². The van der Waals surface area contributed by atoms with E-state index in [0.717, 1.165) is 20.9 Å². The molecule has 0 fully saturated rings. The van der Waals surface area contributed by atoms with Crippen molar-refractivity contribution in [1.29, 1.82) is 0 Å². The number of hydrogen-bond donors (Lipinski definition) is 2. The Bertz CT molecular complexity index is 840. The molecular formula is C20H23N3OS. The maximum Gasteiger partial charge on any atom is 0.191 e. The number of phenolic OH excluding ortho intramolecular Hbond substituents is 1. The number of nitrogens with two attached hydrogens (primary N) is 1. The monoisotopic (exact) mass is 353 g/mol. The molecule has 0 aliphatic rings. The van der Waals surface area contributed by atoms with Crippen molar-refractivity contribution in [1.82, 2.24) is 4.90 Å². The third-order valence-electron chi connectivity index (χ3n) is 3.56. The molecule has 2 rings (SSSR count). The van der Waals surface area contributed by atoms with Crippen LogP contribution in [0.1, 0.15) is 29.8 Å². The molecule has 1 heterocycles. The smallest absolute Gasteiger partial charge is 0.191 e. The van der Waals surface area contributed by atoms with Crippen molar-refractivity contribution < 1.29 is 5.11 Å². The van der Waals surface area contributed by atoms with E-state index >= 15 is 0 Å². The third kappa shape index (κ3) is 4.88. The molecule has 1 aromatic carbocycles. The van der Waals surface area contributed by atoms with Gasteiger partial charge in [0.1, 0.15) is 5.75 Å². The lowest BCUT2D eigenvalue weighted by Gasteiger charge is -2.15. The van der Waals surface area contributed by atoms with Crippen LogP contribution in [0.25, 0.3) is 10.4 Å². The molecule has 0 amide bonds. The Morgan fingerprint density at radius 3 is 2.80 bits per heavy atom. The number of rotatable bonds is 5. The second-order valence-electron chi connectivity index (χ2n) is 5.77. The summed E-state index contributed by atoms with van der Waals surface area (Å²) in [5.41, 5.74) is 7.71. The highest BCUT2D eigenvalue weighted by Crippen LogP contribution is 2.36. The first kappa shape index (κ1) is 18.6. The van der Waals surface area contributed by atoms with Crippen LogP contribution < -0.4 is 5.73 Å². The first-order chi connectivity index (χ1) is 11.9. The van der Waals surface area contributed by atoms with Crippen molar-refractivity contribution in [2.45, 2.75) is 19.4 Å². The summed E-state index contributed by atoms with van der Waals surface area (Å²) >= 11 is 1.63. The third-order valence-corrected chi connectivity index (χ3v) is 4.80. The number of phenols is 1. The largest absolute Gasteiger partial charge is 0.508 e. The Labute approximate surface area is 153 Å². The Kier molecular flexibility index (Phi) is 6.26. The van der Waals surface area contributed by atoms with Crippen LogP contribution in [0.4, 0.5) is 0 Å². The predicted molar refractivity (Wildman–Crippen MR) is 107 cm³/mol. The molecule has 1 unspecified atom stereocenters. The molecule has 0 spiro atoms. The molecule has 1 aromatic heterocycles. The molecule has 0 aliphatic heterocycles. The highest BCUT2D eigenvalue weighted by Gasteiger charge is 2.14. The van der Waals surface area contributed by atoms with Gasteiger partial charge in [0.05, 0.1) is 6.04 Å². The Morgan fingerprint density at radius 2 is 2.16 bits per heavy atom. The van der Waals surface area contributed by atoms with E-state index in [9.17, 15) is 5.11 Å². The van der Waals surface area contributed by atoms with Gasteiger partial charge in [0, 0.05) is 29.4 Å². The summed E-state index contributed by atoms with van der Waals surface area (Å²) in [6.07, 6.45) is 2.56. The number of hydrogen-bond acceptors (Lipinski definition) is 3. The average Bonchev–Trinajstić information content (AvgIpc) is 3.04. The fourth-order valence-electron chi connectivity index (χ4n) is 2.32. The molecule has 130 valence electrons. The van der Waals surface area contributed by atoms with E-state index in [2.05, 4.69) is 29.5 Å². The molecule has 4 nitrogen and oxygen atoms in total. The van der Waals surface area contributed by atoms with Crippen LogP contribution in [0.5, 0.6) is 5.75 Å². The minimum Gasteiger partial charge on any atom is -0.508 e. The van der Waals surface area contributed by atoms with E-state index in [1.165, 1.54) is 0 Å². The molecule has 3 N–H and O–H groups in total. The molecule has 0 radical (unpaired) electrons. The molecule has 0 bridgehead atoms. The zero-order valence-corrected chi connectivity index (χ0v) is 15.6. The van der Waals surface area contributed by atoms with E-state index in [4.69, 9.17) is 5.73 Å². The molecule has 0 saturated carbocycles. The van der Waals surface area contributed by atoms with Crippen LogP contribution in [0, 0.1) is 11.8 Å². The van der Waals surface area contributed by atoms with E-state index in [-0.39, 0.29) is 11.8 Å². The summed E-state index contributed by atoms with van der Waals surface area (Å²) in [5.74, 6) is 6.54. The standard InChI is InChI=1S/C20H23N3OS/c1-5-7-14-11-15(13-16(24)12-14)18-9-10-19(25-18)17(8-6-2)22-20(21)23(3)4/h6,9-13,17,24H,2,8H2,1,3-4H3,(H2,21,22). The minimum atomic E-state index is -0.0640. The number of guanidine groups is 1. The van der Waals surface area contributed by atoms with Crippen molar-refractivity contribution in [2.24, 2.45) is 10.7 Å². The van der Waals surface area contributed by atoms with Gasteiger partial charge in [-0.05, 0) is 49.2 Å². The summed E-state index contributed by atoms with van der Waals surface area (Å²) < 4.78 is 0. The van der Waals surface area contributed by atoms with Gasteiger partial charge in [-0.25, -0.2) is 4.99 Å². The van der Waals surface area contributed by atoms with E-state index < -0.39 is 0 Å². The van der Waals surface area contributed by atoms with Gasteiger partial charge in [-0.15, -0.1) is 23.8 Å². The van der Waals surface area contributed by atoms with Gasteiger partial charge in [0.25, 0.3) is 0 Å². The molecule has 25 heavy (non-hydrogen) atoms. The first-order valence-electron chi connectivity index (χ1n) is 7.93. The fraction of sp³-hybridized carbons (Fsp3) is 0.250. The maximum atomic E-state index is 9.94. The molecule has 5 heteroatoms. The van der Waals surface area contributed by atoms with Crippen molar-refractivity contribution in [3.63, 3.8) is 0 Å². The molecule has 0 saturated heterocycles. The quantitative estimate of drug-likeness (QED) is 0.370. The first-order valence-corrected chi connectivity index (χ1v) is 8.74. The summed E-state index contributed by atoms with van der Waals surface area (Å²) in [5, 5.41) is 9.94. The van der Waals surface area contributed by atoms with Gasteiger partial charge in [-0.1, -0.05) is 12.0 Å². The molecule has 1 atom stereocenters. The van der Waals surface area contributed by atoms with Gasteiger partial charge >= 0.3 is 0 Å². The second-order valence-corrected chi connectivity index (χ2v) is 6.88. The average molecular weight is 353 g/mol. The van der Waals surface area contributed by atoms with Crippen LogP contribution >= 0.6 is 11.3 Å². The second kappa shape index (κ2) is 8.41. The SMILES string of the molecule is C=CCC(N=C(N)N(C)C)c1ccc(-c2cc(O)cc(C#CC)c2)s1. The maximum absolute atomic E-state index is 9.94. The lowest BCUT2D eigenvalue weighted by Crippen LogP contribution is -2.30. The summed E-state index contributed by atoms with van der Waals surface area (Å²) in [4.78, 5) is 8.54. The summed E-state index contributed by atoms with van der Waals surface area (Å²) in [7, 11) is 3.74. The fourth-order valence-corrected chi connectivity index (χ4v) is 3.37. The lowest BCUT2D eigenvalue weighted by atomic mass is 10.1. The van der Waals surface area contributed by atoms with Gasteiger partial charge in [0.2, 0.25) is 0 Å². The number of benzene rings is 1. The molecule has 2 aromatic rings. The van der Waals surface area contributed by atoms with Crippen LogP contribution in [0.2, 0.25) is 0 Å². The van der Waals surface area contributed by atoms with Gasteiger partial charge in [-0.2, -0.15) is 0 Å². The van der Waals surface area contributed by atoms with Crippen LogP contribution in [-0.4, -0.2) is 30.1 Å². The van der Waals surface area contributed by atoms with Crippen molar-refractivity contribution >= 4 is 17.3 Å². The van der Waals surface area contributed by atoms with E-state index in [0.29, 0.717) is 12.4 Å². The Balaban J connectivity index is 2.38. The van der Waals surface area contributed by atoms with Crippen molar-refractivity contribution in [3.05, 3.63) is 53.4 Å². The van der Waals surface area contributed by atoms with E-state index in [1.54, 1.807) is 35.3 Å². The highest BCUT2D eigenvalue weighted by atomic mass is 32.1. The zero-order valence-electron chi connectivity index (χ0n) is 14.8. The lowest BCUT2D eigenvalue weighted by molar-refractivity contribution is 0.475. The van der Waals surface area contributed by atoms with Crippen molar-refractivity contribution in [2.75, 3.05) is 14.1 Å².